The summed E-state index contributed by atoms with van der Waals surface area (Å²) in [6, 6.07) is 10.3. The summed E-state index contributed by atoms with van der Waals surface area (Å²) >= 11 is 5.81. The van der Waals surface area contributed by atoms with E-state index in [-0.39, 0.29) is 17.6 Å². The number of hydrogen-bond donors (Lipinski definition) is 1. The molecule has 0 radical (unpaired) electrons. The predicted octanol–water partition coefficient (Wildman–Crippen LogP) is 2.98. The fraction of sp³-hybridized carbons (Fsp3) is 0.333. The van der Waals surface area contributed by atoms with E-state index in [1.54, 1.807) is 48.3 Å². The second kappa shape index (κ2) is 9.74. The second-order valence-corrected chi connectivity index (χ2v) is 5.89. The number of halogens is 1. The molecule has 0 aliphatic heterocycles. The van der Waals surface area contributed by atoms with Crippen LogP contribution < -0.4 is 10.1 Å². The zero-order valence-corrected chi connectivity index (χ0v) is 14.8. The first-order valence-electron chi connectivity index (χ1n) is 8.00. The number of rotatable bonds is 9. The van der Waals surface area contributed by atoms with Gasteiger partial charge in [0.05, 0.1) is 12.8 Å². The molecule has 0 spiro atoms. The maximum Gasteiger partial charge on any atom is 0.286 e. The van der Waals surface area contributed by atoms with Gasteiger partial charge in [-0.15, -0.1) is 0 Å². The summed E-state index contributed by atoms with van der Waals surface area (Å²) in [4.78, 5) is 25.3. The van der Waals surface area contributed by atoms with Gasteiger partial charge in [0.2, 0.25) is 5.91 Å². The molecule has 2 rings (SSSR count). The number of benzene rings is 1. The Bertz CT molecular complexity index is 671. The van der Waals surface area contributed by atoms with E-state index in [9.17, 15) is 9.59 Å². The summed E-state index contributed by atoms with van der Waals surface area (Å²) < 4.78 is 10.6. The highest BCUT2D eigenvalue weighted by Gasteiger charge is 2.10. The normalized spacial score (nSPS) is 10.3. The van der Waals surface area contributed by atoms with E-state index in [0.29, 0.717) is 43.3 Å². The summed E-state index contributed by atoms with van der Waals surface area (Å²) in [5.41, 5.74) is 0. The molecule has 0 fully saturated rings. The lowest BCUT2D eigenvalue weighted by Crippen LogP contribution is -2.31. The first kappa shape index (κ1) is 18.9. The molecule has 0 unspecified atom stereocenters. The van der Waals surface area contributed by atoms with E-state index < -0.39 is 0 Å². The van der Waals surface area contributed by atoms with Gasteiger partial charge in [-0.2, -0.15) is 0 Å². The van der Waals surface area contributed by atoms with Crippen molar-refractivity contribution < 1.29 is 18.7 Å². The third kappa shape index (κ3) is 6.51. The van der Waals surface area contributed by atoms with Crippen molar-refractivity contribution in [2.75, 3.05) is 26.7 Å². The van der Waals surface area contributed by atoms with Crippen molar-refractivity contribution in [1.29, 1.82) is 0 Å². The van der Waals surface area contributed by atoms with Gasteiger partial charge in [-0.25, -0.2) is 0 Å². The Hall–Kier alpha value is -2.47. The highest BCUT2D eigenvalue weighted by molar-refractivity contribution is 6.30. The Balaban J connectivity index is 1.58. The van der Waals surface area contributed by atoms with Gasteiger partial charge in [0.25, 0.3) is 5.91 Å². The standard InChI is InChI=1S/C18H21ClN2O4/c1-21(11-13-24-15-8-6-14(19)7-9-15)17(22)5-2-10-20-18(23)16-4-3-12-25-16/h3-4,6-9,12H,2,5,10-11,13H2,1H3,(H,20,23). The van der Waals surface area contributed by atoms with Crippen LogP contribution in [0.25, 0.3) is 0 Å². The van der Waals surface area contributed by atoms with Crippen molar-refractivity contribution in [3.05, 3.63) is 53.4 Å². The van der Waals surface area contributed by atoms with Crippen molar-refractivity contribution in [1.82, 2.24) is 10.2 Å². The average molecular weight is 365 g/mol. The minimum atomic E-state index is -0.276. The Morgan fingerprint density at radius 3 is 2.68 bits per heavy atom. The zero-order chi connectivity index (χ0) is 18.1. The number of carbonyl (C=O) groups is 2. The van der Waals surface area contributed by atoms with Gasteiger partial charge < -0.3 is 19.4 Å². The van der Waals surface area contributed by atoms with Gasteiger partial charge in [0.1, 0.15) is 12.4 Å². The third-order valence-corrected chi connectivity index (χ3v) is 3.78. The molecule has 2 amide bonds. The molecule has 1 aromatic carbocycles. The molecule has 0 aliphatic rings. The molecule has 1 N–H and O–H groups in total. The Morgan fingerprint density at radius 1 is 1.24 bits per heavy atom. The first-order chi connectivity index (χ1) is 12.1. The maximum absolute atomic E-state index is 12.0. The van der Waals surface area contributed by atoms with Crippen LogP contribution >= 0.6 is 11.6 Å². The minimum absolute atomic E-state index is 0.00644. The first-order valence-corrected chi connectivity index (χ1v) is 8.38. The fourth-order valence-electron chi connectivity index (χ4n) is 2.08. The van der Waals surface area contributed by atoms with E-state index in [2.05, 4.69) is 5.32 Å². The molecule has 1 aromatic heterocycles. The molecule has 0 saturated carbocycles. The highest BCUT2D eigenvalue weighted by Crippen LogP contribution is 2.15. The molecule has 1 heterocycles. The fourth-order valence-corrected chi connectivity index (χ4v) is 2.21. The van der Waals surface area contributed by atoms with Crippen LogP contribution in [0.4, 0.5) is 0 Å². The van der Waals surface area contributed by atoms with E-state index in [4.69, 9.17) is 20.8 Å². The number of amides is 2. The molecule has 0 atom stereocenters. The Morgan fingerprint density at radius 2 is 2.00 bits per heavy atom. The predicted molar refractivity (Wildman–Crippen MR) is 94.9 cm³/mol. The average Bonchev–Trinajstić information content (AvgIpc) is 3.14. The van der Waals surface area contributed by atoms with Crippen LogP contribution in [0.3, 0.4) is 0 Å². The number of carbonyl (C=O) groups excluding carboxylic acids is 2. The van der Waals surface area contributed by atoms with Crippen molar-refractivity contribution >= 4 is 23.4 Å². The van der Waals surface area contributed by atoms with E-state index >= 15 is 0 Å². The number of hydrogen-bond acceptors (Lipinski definition) is 4. The van der Waals surface area contributed by atoms with Crippen LogP contribution in [-0.4, -0.2) is 43.5 Å². The SMILES string of the molecule is CN(CCOc1ccc(Cl)cc1)C(=O)CCCNC(=O)c1ccco1. The molecule has 7 heteroatoms. The maximum atomic E-state index is 12.0. The highest BCUT2D eigenvalue weighted by atomic mass is 35.5. The number of ether oxygens (including phenoxy) is 1. The minimum Gasteiger partial charge on any atom is -0.492 e. The van der Waals surface area contributed by atoms with Crippen molar-refractivity contribution in [2.24, 2.45) is 0 Å². The molecule has 134 valence electrons. The Labute approximate surface area is 151 Å². The van der Waals surface area contributed by atoms with Gasteiger partial charge in [0, 0.05) is 25.0 Å². The molecule has 6 nitrogen and oxygen atoms in total. The van der Waals surface area contributed by atoms with Crippen LogP contribution in [0.15, 0.2) is 47.1 Å². The molecule has 2 aromatic rings. The van der Waals surface area contributed by atoms with Crippen molar-refractivity contribution in [2.45, 2.75) is 12.8 Å². The number of furan rings is 1. The van der Waals surface area contributed by atoms with E-state index in [1.165, 1.54) is 6.26 Å². The largest absolute Gasteiger partial charge is 0.492 e. The second-order valence-electron chi connectivity index (χ2n) is 5.45. The lowest BCUT2D eigenvalue weighted by Gasteiger charge is -2.17. The van der Waals surface area contributed by atoms with Crippen LogP contribution in [0.5, 0.6) is 5.75 Å². The Kier molecular flexibility index (Phi) is 7.35. The van der Waals surface area contributed by atoms with Crippen LogP contribution in [-0.2, 0) is 4.79 Å². The molecular formula is C18H21ClN2O4. The molecule has 0 saturated heterocycles. The summed E-state index contributed by atoms with van der Waals surface area (Å²) in [6.45, 7) is 1.31. The van der Waals surface area contributed by atoms with Gasteiger partial charge in [-0.05, 0) is 42.8 Å². The number of likely N-dealkylation sites (N-methyl/N-ethyl adjacent to an activating group) is 1. The third-order valence-electron chi connectivity index (χ3n) is 3.53. The summed E-state index contributed by atoms with van der Waals surface area (Å²) in [6.07, 6.45) is 2.36. The van der Waals surface area contributed by atoms with Crippen LogP contribution in [0.1, 0.15) is 23.4 Å². The molecular weight excluding hydrogens is 344 g/mol. The topological polar surface area (TPSA) is 71.8 Å². The van der Waals surface area contributed by atoms with E-state index in [1.807, 2.05) is 0 Å². The number of nitrogens with one attached hydrogen (secondary N) is 1. The number of nitrogens with zero attached hydrogens (tertiary/aromatic N) is 1. The molecule has 0 bridgehead atoms. The summed E-state index contributed by atoms with van der Waals surface area (Å²) in [5.74, 6) is 0.711. The summed E-state index contributed by atoms with van der Waals surface area (Å²) in [7, 11) is 1.73. The molecule has 25 heavy (non-hydrogen) atoms. The zero-order valence-electron chi connectivity index (χ0n) is 14.0. The van der Waals surface area contributed by atoms with Gasteiger partial charge in [-0.3, -0.25) is 9.59 Å². The molecule has 0 aliphatic carbocycles. The summed E-state index contributed by atoms with van der Waals surface area (Å²) in [5, 5.41) is 3.36. The lowest BCUT2D eigenvalue weighted by molar-refractivity contribution is -0.130. The monoisotopic (exact) mass is 364 g/mol. The van der Waals surface area contributed by atoms with Gasteiger partial charge >= 0.3 is 0 Å². The smallest absolute Gasteiger partial charge is 0.286 e. The quantitative estimate of drug-likeness (QED) is 0.694. The van der Waals surface area contributed by atoms with Gasteiger partial charge in [0.15, 0.2) is 5.76 Å². The van der Waals surface area contributed by atoms with Crippen molar-refractivity contribution in [3.63, 3.8) is 0 Å². The van der Waals surface area contributed by atoms with Crippen LogP contribution in [0.2, 0.25) is 5.02 Å². The van der Waals surface area contributed by atoms with Crippen LogP contribution in [0, 0.1) is 0 Å². The van der Waals surface area contributed by atoms with Gasteiger partial charge in [-0.1, -0.05) is 11.6 Å². The van der Waals surface area contributed by atoms with E-state index in [0.717, 1.165) is 0 Å². The van der Waals surface area contributed by atoms with Crippen molar-refractivity contribution in [3.8, 4) is 5.75 Å². The lowest BCUT2D eigenvalue weighted by atomic mass is 10.2.